The van der Waals surface area contributed by atoms with E-state index in [1.165, 1.54) is 0 Å². The van der Waals surface area contributed by atoms with E-state index in [2.05, 4.69) is 43.0 Å². The summed E-state index contributed by atoms with van der Waals surface area (Å²) in [5.74, 6) is 0.851. The smallest absolute Gasteiger partial charge is 0.141 e. The summed E-state index contributed by atoms with van der Waals surface area (Å²) in [6.45, 7) is 9.58. The van der Waals surface area contributed by atoms with E-state index in [-0.39, 0.29) is 5.41 Å². The molecule has 0 aromatic carbocycles. The van der Waals surface area contributed by atoms with Gasteiger partial charge < -0.3 is 5.32 Å². The van der Waals surface area contributed by atoms with Gasteiger partial charge in [0.05, 0.1) is 6.54 Å². The minimum absolute atomic E-state index is 0.273. The third-order valence-corrected chi connectivity index (χ3v) is 2.48. The second-order valence-corrected chi connectivity index (χ2v) is 4.63. The number of hydrogen-bond donors (Lipinski definition) is 1. The molecule has 1 aromatic heterocycles. The first-order chi connectivity index (χ1) is 6.50. The normalized spacial score (nSPS) is 14.0. The van der Waals surface area contributed by atoms with Crippen molar-refractivity contribution in [3.63, 3.8) is 0 Å². The van der Waals surface area contributed by atoms with Gasteiger partial charge in [-0.05, 0) is 18.4 Å². The summed E-state index contributed by atoms with van der Waals surface area (Å²) in [5.41, 5.74) is 0.273. The van der Waals surface area contributed by atoms with Crippen molar-refractivity contribution >= 4 is 0 Å². The van der Waals surface area contributed by atoms with Gasteiger partial charge in [0, 0.05) is 18.4 Å². The number of nitrogens with one attached hydrogen (secondary N) is 1. The van der Waals surface area contributed by atoms with Gasteiger partial charge in [0.15, 0.2) is 0 Å². The van der Waals surface area contributed by atoms with E-state index in [1.807, 2.05) is 6.07 Å². The van der Waals surface area contributed by atoms with Crippen molar-refractivity contribution in [1.82, 2.24) is 15.3 Å². The summed E-state index contributed by atoms with van der Waals surface area (Å²) in [6, 6.07) is 2.28. The molecule has 3 nitrogen and oxygen atoms in total. The number of rotatable bonds is 3. The quantitative estimate of drug-likeness (QED) is 0.798. The highest BCUT2D eigenvalue weighted by Gasteiger charge is 2.19. The maximum atomic E-state index is 4.16. The highest BCUT2D eigenvalue weighted by atomic mass is 15.0. The molecular formula is C11H19N3. The molecule has 14 heavy (non-hydrogen) atoms. The molecule has 0 spiro atoms. The van der Waals surface area contributed by atoms with Gasteiger partial charge in [-0.3, -0.25) is 0 Å². The van der Waals surface area contributed by atoms with E-state index in [0.29, 0.717) is 6.04 Å². The van der Waals surface area contributed by atoms with Gasteiger partial charge in [0.2, 0.25) is 0 Å². The first-order valence-corrected chi connectivity index (χ1v) is 4.99. The second-order valence-electron chi connectivity index (χ2n) is 4.63. The molecule has 0 bridgehead atoms. The van der Waals surface area contributed by atoms with Gasteiger partial charge in [-0.15, -0.1) is 0 Å². The van der Waals surface area contributed by atoms with Crippen molar-refractivity contribution in [2.45, 2.75) is 40.3 Å². The fourth-order valence-corrected chi connectivity index (χ4v) is 0.972. The summed E-state index contributed by atoms with van der Waals surface area (Å²) in [4.78, 5) is 8.32. The van der Waals surface area contributed by atoms with Crippen LogP contribution < -0.4 is 5.32 Å². The average Bonchev–Trinajstić information content (AvgIpc) is 2.14. The van der Waals surface area contributed by atoms with Crippen LogP contribution in [0.3, 0.4) is 0 Å². The molecule has 0 aliphatic carbocycles. The molecular weight excluding hydrogens is 174 g/mol. The first-order valence-electron chi connectivity index (χ1n) is 4.99. The van der Waals surface area contributed by atoms with Gasteiger partial charge in [-0.1, -0.05) is 20.8 Å². The van der Waals surface area contributed by atoms with Crippen LogP contribution in [0.1, 0.15) is 33.5 Å². The van der Waals surface area contributed by atoms with Crippen molar-refractivity contribution in [3.05, 3.63) is 24.3 Å². The zero-order chi connectivity index (χ0) is 10.6. The van der Waals surface area contributed by atoms with Crippen LogP contribution in [0.4, 0.5) is 0 Å². The Morgan fingerprint density at radius 2 is 1.86 bits per heavy atom. The van der Waals surface area contributed by atoms with E-state index in [9.17, 15) is 0 Å². The Balaban J connectivity index is 2.42. The summed E-state index contributed by atoms with van der Waals surface area (Å²) in [7, 11) is 0. The molecule has 1 rings (SSSR count). The van der Waals surface area contributed by atoms with Crippen LogP contribution in [0.25, 0.3) is 0 Å². The van der Waals surface area contributed by atoms with E-state index in [1.54, 1.807) is 12.4 Å². The molecule has 0 fully saturated rings. The minimum atomic E-state index is 0.273. The van der Waals surface area contributed by atoms with Gasteiger partial charge in [-0.2, -0.15) is 0 Å². The van der Waals surface area contributed by atoms with Crippen molar-refractivity contribution in [1.29, 1.82) is 0 Å². The highest BCUT2D eigenvalue weighted by molar-refractivity contribution is 4.89. The van der Waals surface area contributed by atoms with E-state index >= 15 is 0 Å². The van der Waals surface area contributed by atoms with Crippen molar-refractivity contribution in [2.24, 2.45) is 5.41 Å². The lowest BCUT2D eigenvalue weighted by Crippen LogP contribution is -2.37. The van der Waals surface area contributed by atoms with Crippen molar-refractivity contribution < 1.29 is 0 Å². The molecule has 0 aliphatic heterocycles. The van der Waals surface area contributed by atoms with Crippen molar-refractivity contribution in [3.8, 4) is 0 Å². The fourth-order valence-electron chi connectivity index (χ4n) is 0.972. The fraction of sp³-hybridized carbons (Fsp3) is 0.636. The van der Waals surface area contributed by atoms with E-state index in [0.717, 1.165) is 12.4 Å². The van der Waals surface area contributed by atoms with Crippen LogP contribution in [-0.4, -0.2) is 16.0 Å². The summed E-state index contributed by atoms with van der Waals surface area (Å²) in [6.07, 6.45) is 3.54. The Kier molecular flexibility index (Phi) is 3.58. The number of nitrogens with zero attached hydrogens (tertiary/aromatic N) is 2. The Hall–Kier alpha value is -0.960. The molecule has 0 saturated heterocycles. The highest BCUT2D eigenvalue weighted by Crippen LogP contribution is 2.18. The van der Waals surface area contributed by atoms with Crippen LogP contribution in [0, 0.1) is 5.41 Å². The molecule has 1 N–H and O–H groups in total. The van der Waals surface area contributed by atoms with Crippen LogP contribution in [0.5, 0.6) is 0 Å². The number of aromatic nitrogens is 2. The topological polar surface area (TPSA) is 37.8 Å². The summed E-state index contributed by atoms with van der Waals surface area (Å²) in [5, 5.41) is 3.41. The van der Waals surface area contributed by atoms with Gasteiger partial charge in [0.1, 0.15) is 5.82 Å². The SMILES string of the molecule is CC(NCc1ncccn1)C(C)(C)C. The zero-order valence-corrected chi connectivity index (χ0v) is 9.41. The minimum Gasteiger partial charge on any atom is -0.307 e. The Bertz CT molecular complexity index is 264. The molecule has 0 aliphatic rings. The van der Waals surface area contributed by atoms with Crippen LogP contribution in [-0.2, 0) is 6.54 Å². The predicted molar refractivity (Wildman–Crippen MR) is 57.8 cm³/mol. The molecule has 1 unspecified atom stereocenters. The summed E-state index contributed by atoms with van der Waals surface area (Å²) < 4.78 is 0. The van der Waals surface area contributed by atoms with E-state index in [4.69, 9.17) is 0 Å². The Morgan fingerprint density at radius 1 is 1.29 bits per heavy atom. The molecule has 1 heterocycles. The van der Waals surface area contributed by atoms with Gasteiger partial charge in [-0.25, -0.2) is 9.97 Å². The third kappa shape index (κ3) is 3.42. The molecule has 1 aromatic rings. The second kappa shape index (κ2) is 4.51. The lowest BCUT2D eigenvalue weighted by molar-refractivity contribution is 0.283. The molecule has 0 saturated carbocycles. The predicted octanol–water partition coefficient (Wildman–Crippen LogP) is 2.00. The van der Waals surface area contributed by atoms with Crippen LogP contribution in [0.2, 0.25) is 0 Å². The van der Waals surface area contributed by atoms with Gasteiger partial charge in [0.25, 0.3) is 0 Å². The summed E-state index contributed by atoms with van der Waals surface area (Å²) >= 11 is 0. The lowest BCUT2D eigenvalue weighted by atomic mass is 9.88. The zero-order valence-electron chi connectivity index (χ0n) is 9.41. The standard InChI is InChI=1S/C11H19N3/c1-9(11(2,3)4)14-8-10-12-6-5-7-13-10/h5-7,9,14H,8H2,1-4H3. The third-order valence-electron chi connectivity index (χ3n) is 2.48. The van der Waals surface area contributed by atoms with Crippen LogP contribution in [0.15, 0.2) is 18.5 Å². The maximum absolute atomic E-state index is 4.16. The van der Waals surface area contributed by atoms with Crippen molar-refractivity contribution in [2.75, 3.05) is 0 Å². The lowest BCUT2D eigenvalue weighted by Gasteiger charge is -2.27. The molecule has 1 atom stereocenters. The average molecular weight is 193 g/mol. The molecule has 0 radical (unpaired) electrons. The largest absolute Gasteiger partial charge is 0.307 e. The molecule has 78 valence electrons. The molecule has 3 heteroatoms. The monoisotopic (exact) mass is 193 g/mol. The number of hydrogen-bond acceptors (Lipinski definition) is 3. The first kappa shape index (κ1) is 11.1. The molecule has 0 amide bonds. The Morgan fingerprint density at radius 3 is 2.36 bits per heavy atom. The van der Waals surface area contributed by atoms with Crippen LogP contribution >= 0.6 is 0 Å². The van der Waals surface area contributed by atoms with Gasteiger partial charge >= 0.3 is 0 Å². The Labute approximate surface area is 86.0 Å². The maximum Gasteiger partial charge on any atom is 0.141 e. The van der Waals surface area contributed by atoms with E-state index < -0.39 is 0 Å².